The van der Waals surface area contributed by atoms with E-state index in [2.05, 4.69) is 100 Å². The molecule has 2 aromatic heterocycles. The third-order valence-electron chi connectivity index (χ3n) is 9.58. The average molecular weight is 636 g/mol. The largest absolute Gasteiger partial charge is 0.309 e. The first-order valence-corrected chi connectivity index (χ1v) is 16.3. The lowest BCUT2D eigenvalue weighted by Gasteiger charge is -2.16. The molecule has 0 aliphatic heterocycles. The highest BCUT2D eigenvalue weighted by molar-refractivity contribution is 6.11. The highest BCUT2D eigenvalue weighted by atomic mass is 15.0. The maximum Gasteiger partial charge on any atom is 0.0991 e. The van der Waals surface area contributed by atoms with Crippen molar-refractivity contribution in [1.82, 2.24) is 9.13 Å². The van der Waals surface area contributed by atoms with Crippen molar-refractivity contribution >= 4 is 43.6 Å². The second kappa shape index (κ2) is 11.4. The maximum absolute atomic E-state index is 9.96. The van der Waals surface area contributed by atoms with Gasteiger partial charge in [0, 0.05) is 32.8 Å². The summed E-state index contributed by atoms with van der Waals surface area (Å²) in [6, 6.07) is 57.9. The molecule has 9 rings (SSSR count). The number of rotatable bonds is 4. The van der Waals surface area contributed by atoms with Gasteiger partial charge in [0.05, 0.1) is 62.7 Å². The number of para-hydroxylation sites is 2. The lowest BCUT2D eigenvalue weighted by Crippen LogP contribution is -1.98. The van der Waals surface area contributed by atoms with E-state index in [1.165, 1.54) is 0 Å². The Kier molecular flexibility index (Phi) is 6.56. The van der Waals surface area contributed by atoms with Crippen LogP contribution in [0.2, 0.25) is 0 Å². The van der Waals surface area contributed by atoms with E-state index in [9.17, 15) is 15.8 Å². The van der Waals surface area contributed by atoms with Crippen molar-refractivity contribution in [3.8, 4) is 51.8 Å². The predicted octanol–water partition coefficient (Wildman–Crippen LogP) is 10.8. The van der Waals surface area contributed by atoms with Crippen molar-refractivity contribution in [3.63, 3.8) is 0 Å². The van der Waals surface area contributed by atoms with Gasteiger partial charge in [-0.05, 0) is 102 Å². The van der Waals surface area contributed by atoms with Gasteiger partial charge in [-0.15, -0.1) is 0 Å². The average Bonchev–Trinajstić information content (AvgIpc) is 3.69. The molecule has 0 aliphatic rings. The lowest BCUT2D eigenvalue weighted by molar-refractivity contribution is 1.18. The number of aromatic nitrogens is 2. The number of hydrogen-bond donors (Lipinski definition) is 0. The van der Waals surface area contributed by atoms with Crippen LogP contribution in [0.15, 0.2) is 152 Å². The Bertz CT molecular complexity index is 2970. The molecule has 0 saturated heterocycles. The van der Waals surface area contributed by atoms with E-state index < -0.39 is 0 Å². The standard InChI is InChI=1S/C45H25N5/c46-26-29-15-18-43(50-42-14-4-2-12-37(42)40-23-31(28-48)17-20-45(40)50)38(21-29)34-9-5-7-32(24-34)33-8-6-10-35(25-33)49-41-13-3-1-11-36(41)39-22-30(27-47)16-19-44(39)49/h1-25H. The minimum Gasteiger partial charge on any atom is -0.309 e. The van der Waals surface area contributed by atoms with Gasteiger partial charge in [-0.1, -0.05) is 66.7 Å². The summed E-state index contributed by atoms with van der Waals surface area (Å²) in [5.74, 6) is 0. The SMILES string of the molecule is N#Cc1ccc(-n2c3ccccc3c3cc(C#N)ccc32)c(-c2cccc(-c3cccc(-n4c5ccccc5c5cc(C#N)ccc54)c3)c2)c1. The third kappa shape index (κ3) is 4.45. The molecule has 230 valence electrons. The molecule has 9 aromatic rings. The maximum atomic E-state index is 9.96. The summed E-state index contributed by atoms with van der Waals surface area (Å²) in [6.45, 7) is 0. The van der Waals surface area contributed by atoms with Gasteiger partial charge in [-0.2, -0.15) is 15.8 Å². The zero-order valence-electron chi connectivity index (χ0n) is 26.7. The number of benzene rings is 7. The van der Waals surface area contributed by atoms with Gasteiger partial charge in [-0.3, -0.25) is 0 Å². The molecule has 5 nitrogen and oxygen atoms in total. The number of nitriles is 3. The van der Waals surface area contributed by atoms with E-state index in [1.54, 1.807) is 0 Å². The van der Waals surface area contributed by atoms with Gasteiger partial charge < -0.3 is 9.13 Å². The Morgan fingerprint density at radius 1 is 0.360 bits per heavy atom. The highest BCUT2D eigenvalue weighted by Crippen LogP contribution is 2.39. The molecule has 0 N–H and O–H groups in total. The molecule has 0 fully saturated rings. The van der Waals surface area contributed by atoms with E-state index in [0.29, 0.717) is 16.7 Å². The zero-order valence-corrected chi connectivity index (χ0v) is 26.7. The molecular weight excluding hydrogens is 611 g/mol. The Morgan fingerprint density at radius 2 is 0.860 bits per heavy atom. The van der Waals surface area contributed by atoms with Gasteiger partial charge >= 0.3 is 0 Å². The number of nitrogens with zero attached hydrogens (tertiary/aromatic N) is 5. The topological polar surface area (TPSA) is 81.2 Å². The summed E-state index contributed by atoms with van der Waals surface area (Å²) < 4.78 is 4.49. The number of fused-ring (bicyclic) bond motifs is 6. The Labute approximate surface area is 287 Å². The van der Waals surface area contributed by atoms with Crippen molar-refractivity contribution in [1.29, 1.82) is 15.8 Å². The molecule has 0 amide bonds. The first-order valence-electron chi connectivity index (χ1n) is 16.3. The van der Waals surface area contributed by atoms with Gasteiger partial charge in [0.25, 0.3) is 0 Å². The summed E-state index contributed by atoms with van der Waals surface area (Å²) in [4.78, 5) is 0. The summed E-state index contributed by atoms with van der Waals surface area (Å²) >= 11 is 0. The van der Waals surface area contributed by atoms with E-state index in [1.807, 2.05) is 78.9 Å². The van der Waals surface area contributed by atoms with Crippen LogP contribution in [-0.2, 0) is 0 Å². The monoisotopic (exact) mass is 635 g/mol. The summed E-state index contributed by atoms with van der Waals surface area (Å²) in [5.41, 5.74) is 12.0. The lowest BCUT2D eigenvalue weighted by atomic mass is 9.96. The van der Waals surface area contributed by atoms with Crippen LogP contribution in [0.1, 0.15) is 16.7 Å². The molecule has 0 atom stereocenters. The predicted molar refractivity (Wildman–Crippen MR) is 200 cm³/mol. The zero-order chi connectivity index (χ0) is 33.8. The second-order valence-corrected chi connectivity index (χ2v) is 12.4. The first-order chi connectivity index (χ1) is 24.6. The van der Waals surface area contributed by atoms with Crippen molar-refractivity contribution in [2.75, 3.05) is 0 Å². The van der Waals surface area contributed by atoms with Crippen LogP contribution in [0.3, 0.4) is 0 Å². The quantitative estimate of drug-likeness (QED) is 0.193. The van der Waals surface area contributed by atoms with Crippen LogP contribution < -0.4 is 0 Å². The van der Waals surface area contributed by atoms with E-state index in [0.717, 1.165) is 77.2 Å². The summed E-state index contributed by atoms with van der Waals surface area (Å²) in [6.07, 6.45) is 0. The normalized spacial score (nSPS) is 11.1. The molecule has 2 heterocycles. The molecule has 0 radical (unpaired) electrons. The van der Waals surface area contributed by atoms with E-state index in [4.69, 9.17) is 0 Å². The fraction of sp³-hybridized carbons (Fsp3) is 0. The van der Waals surface area contributed by atoms with E-state index >= 15 is 0 Å². The van der Waals surface area contributed by atoms with Gasteiger partial charge in [-0.25, -0.2) is 0 Å². The van der Waals surface area contributed by atoms with Crippen molar-refractivity contribution < 1.29 is 0 Å². The van der Waals surface area contributed by atoms with Crippen LogP contribution in [0, 0.1) is 34.0 Å². The van der Waals surface area contributed by atoms with Gasteiger partial charge in [0.1, 0.15) is 0 Å². The Morgan fingerprint density at radius 3 is 1.52 bits per heavy atom. The minimum atomic E-state index is 0.578. The smallest absolute Gasteiger partial charge is 0.0991 e. The Hall–Kier alpha value is -7.39. The molecule has 0 bridgehead atoms. The second-order valence-electron chi connectivity index (χ2n) is 12.4. The summed E-state index contributed by atoms with van der Waals surface area (Å²) in [5, 5.41) is 33.4. The van der Waals surface area contributed by atoms with Crippen molar-refractivity contribution in [3.05, 3.63) is 168 Å². The minimum absolute atomic E-state index is 0.578. The van der Waals surface area contributed by atoms with Crippen molar-refractivity contribution in [2.24, 2.45) is 0 Å². The van der Waals surface area contributed by atoms with E-state index in [-0.39, 0.29) is 0 Å². The fourth-order valence-electron chi connectivity index (χ4n) is 7.35. The molecule has 7 aromatic carbocycles. The molecule has 5 heteroatoms. The van der Waals surface area contributed by atoms with Crippen molar-refractivity contribution in [2.45, 2.75) is 0 Å². The summed E-state index contributed by atoms with van der Waals surface area (Å²) in [7, 11) is 0. The van der Waals surface area contributed by atoms with Crippen LogP contribution in [0.5, 0.6) is 0 Å². The molecule has 0 saturated carbocycles. The van der Waals surface area contributed by atoms with Crippen LogP contribution in [0.25, 0.3) is 77.2 Å². The molecule has 0 spiro atoms. The van der Waals surface area contributed by atoms with Gasteiger partial charge in [0.2, 0.25) is 0 Å². The fourth-order valence-corrected chi connectivity index (χ4v) is 7.35. The Balaban J connectivity index is 1.22. The molecule has 0 aliphatic carbocycles. The highest BCUT2D eigenvalue weighted by Gasteiger charge is 2.18. The third-order valence-corrected chi connectivity index (χ3v) is 9.58. The number of hydrogen-bond acceptors (Lipinski definition) is 3. The molecular formula is C45H25N5. The molecule has 0 unspecified atom stereocenters. The van der Waals surface area contributed by atoms with Crippen LogP contribution >= 0.6 is 0 Å². The van der Waals surface area contributed by atoms with Crippen LogP contribution in [0.4, 0.5) is 0 Å². The molecule has 50 heavy (non-hydrogen) atoms. The van der Waals surface area contributed by atoms with Crippen LogP contribution in [-0.4, -0.2) is 9.13 Å². The first kappa shape index (κ1) is 28.8. The van der Waals surface area contributed by atoms with Gasteiger partial charge in [0.15, 0.2) is 0 Å².